The maximum Gasteiger partial charge on any atom is 0.274 e. The molecule has 10 nitrogen and oxygen atoms in total. The topological polar surface area (TPSA) is 142 Å². The maximum atomic E-state index is 12.6. The van der Waals surface area contributed by atoms with E-state index in [-0.39, 0.29) is 17.0 Å². The van der Waals surface area contributed by atoms with Gasteiger partial charge in [-0.05, 0) is 60.4 Å². The molecule has 3 heterocycles. The summed E-state index contributed by atoms with van der Waals surface area (Å²) in [7, 11) is -1.59. The average molecular weight is 553 g/mol. The van der Waals surface area contributed by atoms with Crippen LogP contribution in [0.25, 0.3) is 33.1 Å². The molecule has 0 spiro atoms. The van der Waals surface area contributed by atoms with E-state index in [9.17, 15) is 22.0 Å². The van der Waals surface area contributed by atoms with Crippen molar-refractivity contribution in [2.45, 2.75) is 24.8 Å². The molecule has 0 aliphatic rings. The summed E-state index contributed by atoms with van der Waals surface area (Å²) in [6.07, 6.45) is 5.12. The Morgan fingerprint density at radius 1 is 1.16 bits per heavy atom. The van der Waals surface area contributed by atoms with Crippen molar-refractivity contribution in [3.8, 4) is 11.1 Å². The number of hydrogen-bond donors (Lipinski definition) is 2. The smallest absolute Gasteiger partial charge is 0.274 e. The fourth-order valence-corrected chi connectivity index (χ4v) is 5.65. The zero-order chi connectivity index (χ0) is 27.2. The van der Waals surface area contributed by atoms with E-state index in [2.05, 4.69) is 9.71 Å². The Balaban J connectivity index is 1.67. The van der Waals surface area contributed by atoms with Crippen LogP contribution in [0.4, 0.5) is 0 Å². The third-order valence-corrected chi connectivity index (χ3v) is 8.20. The first kappa shape index (κ1) is 26.0. The standard InChI is InChI=1S/C26H27N5O5S2/c1-16-29-24-18(8-11-28-37(33)34)12-19(22-15-30(2)26(32)25-21(22)9-10-27-25)13-23(24)31(16)14-17-4-6-20(7-5-17)38(3,35)36/h4-7,9-10,12-13,15,27-28H,8,11,14H2,1-3H3,(H,33,34)/p-1. The zero-order valence-corrected chi connectivity index (χ0v) is 22.6. The molecule has 2 N–H and O–H groups in total. The van der Waals surface area contributed by atoms with E-state index < -0.39 is 21.1 Å². The number of aryl methyl sites for hydroxylation is 2. The van der Waals surface area contributed by atoms with Crippen LogP contribution in [-0.4, -0.2) is 49.1 Å². The number of imidazole rings is 1. The van der Waals surface area contributed by atoms with Gasteiger partial charge in [-0.3, -0.25) is 9.00 Å². The molecule has 2 aromatic carbocycles. The van der Waals surface area contributed by atoms with Crippen molar-refractivity contribution < 1.29 is 17.2 Å². The van der Waals surface area contributed by atoms with Crippen molar-refractivity contribution in [1.29, 1.82) is 0 Å². The first-order valence-corrected chi connectivity index (χ1v) is 14.8. The van der Waals surface area contributed by atoms with Crippen molar-refractivity contribution in [3.05, 3.63) is 82.2 Å². The highest BCUT2D eigenvalue weighted by Gasteiger charge is 2.17. The Labute approximate surface area is 221 Å². The summed E-state index contributed by atoms with van der Waals surface area (Å²) in [6.45, 7) is 2.57. The van der Waals surface area contributed by atoms with Crippen LogP contribution in [0, 0.1) is 6.92 Å². The number of benzene rings is 2. The molecule has 3 aromatic heterocycles. The second-order valence-electron chi connectivity index (χ2n) is 9.27. The molecule has 1 unspecified atom stereocenters. The Bertz CT molecular complexity index is 1870. The van der Waals surface area contributed by atoms with Gasteiger partial charge >= 0.3 is 0 Å². The number of aromatic nitrogens is 4. The third kappa shape index (κ3) is 4.95. The van der Waals surface area contributed by atoms with E-state index in [0.717, 1.165) is 44.5 Å². The van der Waals surface area contributed by atoms with Gasteiger partial charge in [-0.1, -0.05) is 12.1 Å². The van der Waals surface area contributed by atoms with Crippen LogP contribution < -0.4 is 10.3 Å². The Kier molecular flexibility index (Phi) is 6.82. The normalized spacial score (nSPS) is 12.9. The number of nitrogens with one attached hydrogen (secondary N) is 2. The molecule has 0 saturated heterocycles. The van der Waals surface area contributed by atoms with E-state index in [1.54, 1.807) is 43.7 Å². The van der Waals surface area contributed by atoms with E-state index in [0.29, 0.717) is 18.5 Å². The van der Waals surface area contributed by atoms with Crippen LogP contribution in [0.15, 0.2) is 64.5 Å². The van der Waals surface area contributed by atoms with Gasteiger partial charge in [0.2, 0.25) is 0 Å². The van der Waals surface area contributed by atoms with Gasteiger partial charge in [-0.2, -0.15) is 0 Å². The van der Waals surface area contributed by atoms with Crippen molar-refractivity contribution in [2.24, 2.45) is 7.05 Å². The summed E-state index contributed by atoms with van der Waals surface area (Å²) < 4.78 is 51.9. The molecular weight excluding hydrogens is 526 g/mol. The van der Waals surface area contributed by atoms with Crippen molar-refractivity contribution in [3.63, 3.8) is 0 Å². The minimum atomic E-state index is -3.30. The lowest BCUT2D eigenvalue weighted by atomic mass is 9.99. The molecule has 0 amide bonds. The predicted molar refractivity (Wildman–Crippen MR) is 146 cm³/mol. The number of pyridine rings is 1. The van der Waals surface area contributed by atoms with Gasteiger partial charge in [0.1, 0.15) is 11.3 Å². The molecule has 0 saturated carbocycles. The Morgan fingerprint density at radius 2 is 1.89 bits per heavy atom. The quantitative estimate of drug-likeness (QED) is 0.283. The van der Waals surface area contributed by atoms with Crippen LogP contribution in [-0.2, 0) is 41.1 Å². The largest absolute Gasteiger partial charge is 0.760 e. The SMILES string of the molecule is Cc1nc2c(CCNS(=O)[O-])cc(-c3cn(C)c(=O)c4[nH]ccc34)cc2n1Cc1ccc(S(C)(=O)=O)cc1. The Morgan fingerprint density at radius 3 is 2.58 bits per heavy atom. The lowest BCUT2D eigenvalue weighted by Gasteiger charge is -2.13. The molecule has 5 aromatic rings. The molecule has 0 aliphatic carbocycles. The van der Waals surface area contributed by atoms with E-state index in [1.165, 1.54) is 10.8 Å². The van der Waals surface area contributed by atoms with E-state index in [4.69, 9.17) is 4.98 Å². The van der Waals surface area contributed by atoms with E-state index in [1.807, 2.05) is 29.7 Å². The van der Waals surface area contributed by atoms with Crippen molar-refractivity contribution >= 4 is 43.0 Å². The molecule has 1 atom stereocenters. The zero-order valence-electron chi connectivity index (χ0n) is 21.0. The molecule has 5 rings (SSSR count). The Hall–Kier alpha value is -3.58. The van der Waals surface area contributed by atoms with Gasteiger partial charge in [-0.25, -0.2) is 18.1 Å². The molecule has 198 valence electrons. The van der Waals surface area contributed by atoms with Crippen LogP contribution in [0.3, 0.4) is 0 Å². The minimum absolute atomic E-state index is 0.129. The highest BCUT2D eigenvalue weighted by atomic mass is 32.2. The number of rotatable bonds is 8. The lowest BCUT2D eigenvalue weighted by Crippen LogP contribution is -2.19. The monoisotopic (exact) mass is 552 g/mol. The molecular formula is C26H26N5O5S2-. The number of hydrogen-bond acceptors (Lipinski definition) is 6. The number of H-pyrrole nitrogens is 1. The molecule has 0 aliphatic heterocycles. The van der Waals surface area contributed by atoms with E-state index >= 15 is 0 Å². The maximum absolute atomic E-state index is 12.6. The molecule has 0 fully saturated rings. The van der Waals surface area contributed by atoms with Gasteiger partial charge < -0.3 is 18.7 Å². The minimum Gasteiger partial charge on any atom is -0.760 e. The fraction of sp³-hybridized carbons (Fsp3) is 0.231. The molecule has 12 heteroatoms. The summed E-state index contributed by atoms with van der Waals surface area (Å²) in [4.78, 5) is 20.7. The first-order valence-electron chi connectivity index (χ1n) is 11.8. The number of aromatic amines is 1. The summed E-state index contributed by atoms with van der Waals surface area (Å²) in [5, 5.41) is 0.788. The van der Waals surface area contributed by atoms with Crippen LogP contribution in [0.2, 0.25) is 0 Å². The highest BCUT2D eigenvalue weighted by Crippen LogP contribution is 2.32. The van der Waals surface area contributed by atoms with Crippen LogP contribution in [0.5, 0.6) is 0 Å². The van der Waals surface area contributed by atoms with Crippen LogP contribution >= 0.6 is 0 Å². The molecule has 0 radical (unpaired) electrons. The molecule has 38 heavy (non-hydrogen) atoms. The first-order chi connectivity index (χ1) is 18.0. The van der Waals surface area contributed by atoms with Gasteiger partial charge in [0.25, 0.3) is 5.56 Å². The third-order valence-electron chi connectivity index (χ3n) is 6.64. The summed E-state index contributed by atoms with van der Waals surface area (Å²) >= 11 is -2.38. The lowest BCUT2D eigenvalue weighted by molar-refractivity contribution is 0.523. The number of nitrogens with zero attached hydrogens (tertiary/aromatic N) is 3. The summed E-state index contributed by atoms with van der Waals surface area (Å²) in [6, 6.07) is 12.6. The van der Waals surface area contributed by atoms with Crippen molar-refractivity contribution in [2.75, 3.05) is 12.8 Å². The highest BCUT2D eigenvalue weighted by molar-refractivity contribution is 7.90. The summed E-state index contributed by atoms with van der Waals surface area (Å²) in [5.74, 6) is 0.762. The average Bonchev–Trinajstić information content (AvgIpc) is 3.46. The second kappa shape index (κ2) is 9.95. The number of fused-ring (bicyclic) bond motifs is 2. The predicted octanol–water partition coefficient (Wildman–Crippen LogP) is 2.57. The summed E-state index contributed by atoms with van der Waals surface area (Å²) in [5.41, 5.74) is 5.48. The van der Waals surface area contributed by atoms with Crippen LogP contribution in [0.1, 0.15) is 17.0 Å². The van der Waals surface area contributed by atoms with Gasteiger partial charge in [-0.15, -0.1) is 0 Å². The molecule has 0 bridgehead atoms. The van der Waals surface area contributed by atoms with Gasteiger partial charge in [0.05, 0.1) is 15.9 Å². The van der Waals surface area contributed by atoms with Crippen molar-refractivity contribution in [1.82, 2.24) is 23.8 Å². The van der Waals surface area contributed by atoms with Gasteiger partial charge in [0, 0.05) is 61.0 Å². The van der Waals surface area contributed by atoms with Gasteiger partial charge in [0.15, 0.2) is 9.84 Å². The fourth-order valence-electron chi connectivity index (χ4n) is 4.75. The second-order valence-corrected chi connectivity index (χ2v) is 12.0. The number of sulfone groups is 1.